The normalized spacial score (nSPS) is 13.2. The highest BCUT2D eigenvalue weighted by Gasteiger charge is 2.30. The quantitative estimate of drug-likeness (QED) is 0.651. The van der Waals surface area contributed by atoms with Crippen LogP contribution in [-0.4, -0.2) is 0 Å². The van der Waals surface area contributed by atoms with Crippen LogP contribution in [-0.2, 0) is 6.18 Å². The molecule has 0 radical (unpaired) electrons. The minimum absolute atomic E-state index is 0.382. The lowest BCUT2D eigenvalue weighted by Crippen LogP contribution is -2.29. The van der Waals surface area contributed by atoms with Gasteiger partial charge in [0.15, 0.2) is 0 Å². The molecule has 0 aromatic heterocycles. The maximum absolute atomic E-state index is 12.5. The van der Waals surface area contributed by atoms with Crippen molar-refractivity contribution < 1.29 is 13.2 Å². The summed E-state index contributed by atoms with van der Waals surface area (Å²) in [7, 11) is 0. The summed E-state index contributed by atoms with van der Waals surface area (Å²) in [4.78, 5) is 0. The number of benzene rings is 2. The van der Waals surface area contributed by atoms with Crippen LogP contribution in [0.4, 0.5) is 13.2 Å². The first kappa shape index (κ1) is 15.0. The highest BCUT2D eigenvalue weighted by Crippen LogP contribution is 2.32. The molecule has 2 aromatic carbocycles. The Morgan fingerprint density at radius 1 is 1.00 bits per heavy atom. The van der Waals surface area contributed by atoms with Crippen molar-refractivity contribution in [2.24, 2.45) is 5.84 Å². The third kappa shape index (κ3) is 3.20. The fourth-order valence-electron chi connectivity index (χ4n) is 1.94. The number of alkyl halides is 3. The van der Waals surface area contributed by atoms with Gasteiger partial charge in [0.2, 0.25) is 0 Å². The molecule has 2 nitrogen and oxygen atoms in total. The van der Waals surface area contributed by atoms with Gasteiger partial charge in [0.25, 0.3) is 0 Å². The summed E-state index contributed by atoms with van der Waals surface area (Å²) in [6.45, 7) is 0. The zero-order valence-electron chi connectivity index (χ0n) is 10.3. The zero-order valence-corrected chi connectivity index (χ0v) is 11.9. The lowest BCUT2D eigenvalue weighted by Gasteiger charge is -2.19. The molecule has 0 saturated carbocycles. The number of halogens is 4. The molecule has 0 fully saturated rings. The first-order chi connectivity index (χ1) is 9.43. The molecule has 2 aromatic rings. The lowest BCUT2D eigenvalue weighted by molar-refractivity contribution is -0.137. The zero-order chi connectivity index (χ0) is 14.8. The van der Waals surface area contributed by atoms with Crippen molar-refractivity contribution in [2.75, 3.05) is 0 Å². The van der Waals surface area contributed by atoms with Crippen LogP contribution in [0.25, 0.3) is 0 Å². The smallest absolute Gasteiger partial charge is 0.271 e. The molecular weight excluding hydrogens is 333 g/mol. The predicted molar refractivity (Wildman–Crippen MR) is 74.8 cm³/mol. The van der Waals surface area contributed by atoms with Crippen molar-refractivity contribution in [3.8, 4) is 0 Å². The molecule has 0 amide bonds. The van der Waals surface area contributed by atoms with E-state index in [0.717, 1.165) is 22.2 Å². The molecule has 6 heteroatoms. The number of hydrogen-bond acceptors (Lipinski definition) is 2. The van der Waals surface area contributed by atoms with Gasteiger partial charge in [0, 0.05) is 4.47 Å². The van der Waals surface area contributed by atoms with Crippen molar-refractivity contribution in [3.63, 3.8) is 0 Å². The highest BCUT2D eigenvalue weighted by molar-refractivity contribution is 9.10. The lowest BCUT2D eigenvalue weighted by atomic mass is 9.98. The fourth-order valence-corrected chi connectivity index (χ4v) is 2.45. The molecule has 20 heavy (non-hydrogen) atoms. The van der Waals surface area contributed by atoms with E-state index in [1.54, 1.807) is 0 Å². The summed E-state index contributed by atoms with van der Waals surface area (Å²) in [6.07, 6.45) is -4.34. The van der Waals surface area contributed by atoms with Crippen molar-refractivity contribution in [3.05, 3.63) is 69.7 Å². The maximum atomic E-state index is 12.5. The van der Waals surface area contributed by atoms with Gasteiger partial charge < -0.3 is 0 Å². The second kappa shape index (κ2) is 5.95. The van der Waals surface area contributed by atoms with Gasteiger partial charge in [-0.2, -0.15) is 13.2 Å². The highest BCUT2D eigenvalue weighted by atomic mass is 79.9. The molecule has 0 bridgehead atoms. The van der Waals surface area contributed by atoms with Crippen molar-refractivity contribution in [1.82, 2.24) is 5.43 Å². The predicted octanol–water partition coefficient (Wildman–Crippen LogP) is 4.02. The number of hydrogen-bond donors (Lipinski definition) is 2. The monoisotopic (exact) mass is 344 g/mol. The molecule has 1 unspecified atom stereocenters. The van der Waals surface area contributed by atoms with Crippen molar-refractivity contribution in [1.29, 1.82) is 0 Å². The van der Waals surface area contributed by atoms with E-state index in [4.69, 9.17) is 5.84 Å². The topological polar surface area (TPSA) is 38.0 Å². The molecule has 0 saturated heterocycles. The van der Waals surface area contributed by atoms with Gasteiger partial charge in [-0.05, 0) is 29.3 Å². The van der Waals surface area contributed by atoms with Gasteiger partial charge in [-0.15, -0.1) is 0 Å². The standard InChI is InChI=1S/C14H12BrF3N2/c15-12-4-2-1-3-11(12)13(20-19)9-5-7-10(8-6-9)14(16,17)18/h1-8,13,20H,19H2. The van der Waals surface area contributed by atoms with Gasteiger partial charge in [0.1, 0.15) is 0 Å². The molecular formula is C14H12BrF3N2. The number of hydrazine groups is 1. The third-order valence-electron chi connectivity index (χ3n) is 2.95. The first-order valence-corrected chi connectivity index (χ1v) is 6.60. The molecule has 0 heterocycles. The van der Waals surface area contributed by atoms with E-state index in [9.17, 15) is 13.2 Å². The van der Waals surface area contributed by atoms with E-state index in [1.807, 2.05) is 24.3 Å². The van der Waals surface area contributed by atoms with Crippen molar-refractivity contribution >= 4 is 15.9 Å². The van der Waals surface area contributed by atoms with Crippen LogP contribution in [0.5, 0.6) is 0 Å². The second-order valence-corrected chi connectivity index (χ2v) is 5.10. The van der Waals surface area contributed by atoms with Gasteiger partial charge in [-0.25, -0.2) is 5.43 Å². The number of nitrogens with two attached hydrogens (primary N) is 1. The Labute approximate surface area is 122 Å². The van der Waals surface area contributed by atoms with Crippen molar-refractivity contribution in [2.45, 2.75) is 12.2 Å². The largest absolute Gasteiger partial charge is 0.416 e. The van der Waals surface area contributed by atoms with E-state index in [0.29, 0.717) is 5.56 Å². The summed E-state index contributed by atoms with van der Waals surface area (Å²) in [6, 6.07) is 12.0. The molecule has 1 atom stereocenters. The third-order valence-corrected chi connectivity index (χ3v) is 3.68. The van der Waals surface area contributed by atoms with E-state index < -0.39 is 11.7 Å². The SMILES string of the molecule is NNC(c1ccc(C(F)(F)F)cc1)c1ccccc1Br. The van der Waals surface area contributed by atoms with Gasteiger partial charge in [-0.3, -0.25) is 5.84 Å². The van der Waals surface area contributed by atoms with E-state index in [-0.39, 0.29) is 6.04 Å². The molecule has 0 spiro atoms. The van der Waals surface area contributed by atoms with Crippen LogP contribution in [0.3, 0.4) is 0 Å². The maximum Gasteiger partial charge on any atom is 0.416 e. The Balaban J connectivity index is 2.36. The minimum Gasteiger partial charge on any atom is -0.271 e. The van der Waals surface area contributed by atoms with Gasteiger partial charge in [0.05, 0.1) is 11.6 Å². The summed E-state index contributed by atoms with van der Waals surface area (Å²) in [5, 5.41) is 0. The molecule has 0 aliphatic rings. The second-order valence-electron chi connectivity index (χ2n) is 4.24. The molecule has 0 aliphatic carbocycles. The summed E-state index contributed by atoms with van der Waals surface area (Å²) in [5.41, 5.74) is 3.46. The van der Waals surface area contributed by atoms with Crippen LogP contribution in [0.1, 0.15) is 22.7 Å². The number of rotatable bonds is 3. The van der Waals surface area contributed by atoms with Gasteiger partial charge >= 0.3 is 6.18 Å². The Kier molecular flexibility index (Phi) is 4.47. The average Bonchev–Trinajstić information content (AvgIpc) is 2.41. The Bertz CT molecular complexity index is 582. The molecule has 0 aliphatic heterocycles. The van der Waals surface area contributed by atoms with Crippen LogP contribution in [0, 0.1) is 0 Å². The molecule has 106 valence electrons. The Morgan fingerprint density at radius 3 is 2.10 bits per heavy atom. The number of nitrogens with one attached hydrogen (secondary N) is 1. The fraction of sp³-hybridized carbons (Fsp3) is 0.143. The van der Waals surface area contributed by atoms with E-state index >= 15 is 0 Å². The first-order valence-electron chi connectivity index (χ1n) is 5.81. The van der Waals surface area contributed by atoms with Gasteiger partial charge in [-0.1, -0.05) is 46.3 Å². The summed E-state index contributed by atoms with van der Waals surface area (Å²) >= 11 is 3.41. The molecule has 2 rings (SSSR count). The Morgan fingerprint density at radius 2 is 1.60 bits per heavy atom. The summed E-state index contributed by atoms with van der Waals surface area (Å²) in [5.74, 6) is 5.54. The van der Waals surface area contributed by atoms with E-state index in [2.05, 4.69) is 21.4 Å². The Hall–Kier alpha value is -1.37. The minimum atomic E-state index is -4.34. The van der Waals surface area contributed by atoms with Crippen LogP contribution < -0.4 is 11.3 Å². The van der Waals surface area contributed by atoms with Crippen LogP contribution in [0.15, 0.2) is 53.0 Å². The average molecular weight is 345 g/mol. The summed E-state index contributed by atoms with van der Waals surface area (Å²) < 4.78 is 38.5. The molecule has 3 N–H and O–H groups in total. The van der Waals surface area contributed by atoms with Crippen LogP contribution >= 0.6 is 15.9 Å². The van der Waals surface area contributed by atoms with Crippen LogP contribution in [0.2, 0.25) is 0 Å². The van der Waals surface area contributed by atoms with E-state index in [1.165, 1.54) is 12.1 Å².